The summed E-state index contributed by atoms with van der Waals surface area (Å²) >= 11 is 0. The molecule has 0 aromatic rings. The van der Waals surface area contributed by atoms with E-state index in [-0.39, 0.29) is 12.5 Å². The topological polar surface area (TPSA) is 108 Å². The maximum absolute atomic E-state index is 12.9. The summed E-state index contributed by atoms with van der Waals surface area (Å²) in [5.41, 5.74) is 0. The van der Waals surface area contributed by atoms with Crippen molar-refractivity contribution in [3.8, 4) is 0 Å². The van der Waals surface area contributed by atoms with Gasteiger partial charge in [0.25, 0.3) is 7.82 Å². The number of aliphatic hydroxyl groups is 1. The number of likely N-dealkylation sites (N-methyl/N-ethyl adjacent to an activating group) is 1. The lowest BCUT2D eigenvalue weighted by Crippen LogP contribution is -2.45. The van der Waals surface area contributed by atoms with Crippen LogP contribution in [0.25, 0.3) is 0 Å². The molecule has 0 aliphatic carbocycles. The molecule has 0 radical (unpaired) electrons. The number of rotatable bonds is 46. The molecule has 1 amide bonds. The number of hydrogen-bond acceptors (Lipinski definition) is 6. The zero-order valence-corrected chi connectivity index (χ0v) is 41.1. The Balaban J connectivity index is 4.35. The minimum atomic E-state index is -4.60. The minimum Gasteiger partial charge on any atom is -0.756 e. The van der Waals surface area contributed by atoms with Crippen LogP contribution in [0.5, 0.6) is 0 Å². The standard InChI is InChI=1S/C51H99N2O6P/c1-6-8-10-12-14-16-18-20-22-23-24-25-26-27-28-29-31-32-34-36-38-40-42-44-50(54)49(48-59-60(56,57)58-47-46-53(3,4)5)52-51(55)45-43-41-39-37-35-33-30-21-19-17-15-13-11-9-7-2/h21,30,34,36,42,44,49-50,54H,6-20,22-29,31-33,35,37-41,43,45-48H2,1-5H3,(H-,52,55,56,57)/b30-21-,36-34+,44-42+. The molecule has 60 heavy (non-hydrogen) atoms. The monoisotopic (exact) mass is 867 g/mol. The van der Waals surface area contributed by atoms with E-state index in [0.29, 0.717) is 17.4 Å². The largest absolute Gasteiger partial charge is 0.756 e. The Morgan fingerprint density at radius 1 is 0.567 bits per heavy atom. The van der Waals surface area contributed by atoms with Gasteiger partial charge in [-0.1, -0.05) is 204 Å². The average Bonchev–Trinajstić information content (AvgIpc) is 3.20. The molecule has 0 aliphatic rings. The number of carbonyl (C=O) groups is 1. The molecule has 354 valence electrons. The molecule has 0 rings (SSSR count). The van der Waals surface area contributed by atoms with E-state index in [2.05, 4.69) is 43.5 Å². The summed E-state index contributed by atoms with van der Waals surface area (Å²) in [5, 5.41) is 13.8. The second-order valence-electron chi connectivity index (χ2n) is 18.5. The summed E-state index contributed by atoms with van der Waals surface area (Å²) in [4.78, 5) is 25.4. The van der Waals surface area contributed by atoms with Gasteiger partial charge in [-0.05, 0) is 57.8 Å². The van der Waals surface area contributed by atoms with Gasteiger partial charge < -0.3 is 28.8 Å². The summed E-state index contributed by atoms with van der Waals surface area (Å²) in [6.07, 6.45) is 53.5. The van der Waals surface area contributed by atoms with Crippen molar-refractivity contribution in [2.45, 2.75) is 244 Å². The van der Waals surface area contributed by atoms with E-state index in [0.717, 1.165) is 51.4 Å². The number of phosphoric ester groups is 1. The number of aliphatic hydroxyl groups excluding tert-OH is 1. The fourth-order valence-corrected chi connectivity index (χ4v) is 8.00. The van der Waals surface area contributed by atoms with Crippen LogP contribution in [0.1, 0.15) is 232 Å². The van der Waals surface area contributed by atoms with Crippen molar-refractivity contribution >= 4 is 13.7 Å². The molecule has 2 N–H and O–H groups in total. The van der Waals surface area contributed by atoms with Gasteiger partial charge in [-0.15, -0.1) is 0 Å². The van der Waals surface area contributed by atoms with Gasteiger partial charge >= 0.3 is 0 Å². The van der Waals surface area contributed by atoms with E-state index in [9.17, 15) is 19.4 Å². The number of nitrogens with zero attached hydrogens (tertiary/aromatic N) is 1. The maximum Gasteiger partial charge on any atom is 0.268 e. The molecule has 0 aromatic carbocycles. The van der Waals surface area contributed by atoms with Gasteiger partial charge in [-0.3, -0.25) is 9.36 Å². The predicted octanol–water partition coefficient (Wildman–Crippen LogP) is 14.0. The Labute approximate surface area is 372 Å². The average molecular weight is 867 g/mol. The molecule has 0 heterocycles. The van der Waals surface area contributed by atoms with Crippen molar-refractivity contribution in [2.24, 2.45) is 0 Å². The maximum atomic E-state index is 12.9. The van der Waals surface area contributed by atoms with E-state index >= 15 is 0 Å². The smallest absolute Gasteiger partial charge is 0.268 e. The second-order valence-corrected chi connectivity index (χ2v) is 19.9. The highest BCUT2D eigenvalue weighted by molar-refractivity contribution is 7.45. The van der Waals surface area contributed by atoms with E-state index in [1.165, 1.54) is 161 Å². The van der Waals surface area contributed by atoms with Crippen LogP contribution in [0.4, 0.5) is 0 Å². The quantitative estimate of drug-likeness (QED) is 0.0273. The van der Waals surface area contributed by atoms with Gasteiger partial charge in [-0.25, -0.2) is 0 Å². The van der Waals surface area contributed by atoms with Crippen LogP contribution in [0.15, 0.2) is 36.5 Å². The molecule has 3 atom stereocenters. The van der Waals surface area contributed by atoms with Gasteiger partial charge in [0.1, 0.15) is 13.2 Å². The summed E-state index contributed by atoms with van der Waals surface area (Å²) in [6, 6.07) is -0.906. The number of hydrogen-bond donors (Lipinski definition) is 2. The molecule has 0 aliphatic heterocycles. The molecule has 0 bridgehead atoms. The van der Waals surface area contributed by atoms with Crippen molar-refractivity contribution < 1.29 is 32.9 Å². The van der Waals surface area contributed by atoms with Crippen LogP contribution in [-0.2, 0) is 18.4 Å². The Kier molecular flexibility index (Phi) is 42.1. The highest BCUT2D eigenvalue weighted by Gasteiger charge is 2.23. The SMILES string of the molecule is CCCCCCCC/C=C\CCCCCCCC(=O)NC(COP(=O)([O-])OCC[N+](C)(C)C)C(O)/C=C/CC/C=C/CCCCCCCCCCCCCCCCCCC. The van der Waals surface area contributed by atoms with Crippen molar-refractivity contribution in [1.29, 1.82) is 0 Å². The summed E-state index contributed by atoms with van der Waals surface area (Å²) in [5.74, 6) is -0.215. The third-order valence-electron chi connectivity index (χ3n) is 11.3. The van der Waals surface area contributed by atoms with Crippen LogP contribution in [-0.4, -0.2) is 68.5 Å². The Morgan fingerprint density at radius 2 is 0.933 bits per heavy atom. The molecular formula is C51H99N2O6P. The van der Waals surface area contributed by atoms with Gasteiger partial charge in [0, 0.05) is 6.42 Å². The lowest BCUT2D eigenvalue weighted by molar-refractivity contribution is -0.870. The van der Waals surface area contributed by atoms with E-state index in [1.54, 1.807) is 6.08 Å². The number of allylic oxidation sites excluding steroid dienone is 5. The Morgan fingerprint density at radius 3 is 1.35 bits per heavy atom. The summed E-state index contributed by atoms with van der Waals surface area (Å²) in [6.45, 7) is 4.63. The zero-order chi connectivity index (χ0) is 44.3. The van der Waals surface area contributed by atoms with Gasteiger partial charge in [0.2, 0.25) is 5.91 Å². The van der Waals surface area contributed by atoms with Crippen molar-refractivity contribution in [1.82, 2.24) is 5.32 Å². The summed E-state index contributed by atoms with van der Waals surface area (Å²) < 4.78 is 23.2. The van der Waals surface area contributed by atoms with E-state index in [4.69, 9.17) is 9.05 Å². The lowest BCUT2D eigenvalue weighted by Gasteiger charge is -2.29. The molecule has 0 aromatic heterocycles. The normalized spacial score (nSPS) is 14.4. The van der Waals surface area contributed by atoms with Crippen molar-refractivity contribution in [3.05, 3.63) is 36.5 Å². The number of phosphoric acid groups is 1. The van der Waals surface area contributed by atoms with Crippen molar-refractivity contribution in [3.63, 3.8) is 0 Å². The van der Waals surface area contributed by atoms with Gasteiger partial charge in [0.05, 0.1) is 39.9 Å². The first kappa shape index (κ1) is 58.7. The molecule has 8 nitrogen and oxygen atoms in total. The Hall–Kier alpha value is -1.28. The molecule has 0 saturated heterocycles. The number of carbonyl (C=O) groups excluding carboxylic acids is 1. The molecule has 9 heteroatoms. The van der Waals surface area contributed by atoms with Crippen LogP contribution in [0.3, 0.4) is 0 Å². The first-order chi connectivity index (χ1) is 29.0. The number of nitrogens with one attached hydrogen (secondary N) is 1. The highest BCUT2D eigenvalue weighted by Crippen LogP contribution is 2.38. The molecule has 0 saturated carbocycles. The third-order valence-corrected chi connectivity index (χ3v) is 12.3. The predicted molar refractivity (Wildman–Crippen MR) is 256 cm³/mol. The number of unbranched alkanes of at least 4 members (excludes halogenated alkanes) is 29. The molecule has 0 spiro atoms. The summed E-state index contributed by atoms with van der Waals surface area (Å²) in [7, 11) is 1.24. The van der Waals surface area contributed by atoms with Gasteiger partial charge in [0.15, 0.2) is 0 Å². The van der Waals surface area contributed by atoms with Crippen LogP contribution in [0, 0.1) is 0 Å². The fourth-order valence-electron chi connectivity index (χ4n) is 7.28. The fraction of sp³-hybridized carbons (Fsp3) is 0.863. The third kappa shape index (κ3) is 44.8. The minimum absolute atomic E-state index is 0.00767. The van der Waals surface area contributed by atoms with Crippen LogP contribution in [0.2, 0.25) is 0 Å². The van der Waals surface area contributed by atoms with Crippen LogP contribution < -0.4 is 10.2 Å². The van der Waals surface area contributed by atoms with E-state index in [1.807, 2.05) is 27.2 Å². The first-order valence-corrected chi connectivity index (χ1v) is 26.8. The first-order valence-electron chi connectivity index (χ1n) is 25.4. The second kappa shape index (κ2) is 43.0. The van der Waals surface area contributed by atoms with Crippen LogP contribution >= 0.6 is 7.82 Å². The molecule has 0 fully saturated rings. The lowest BCUT2D eigenvalue weighted by atomic mass is 10.0. The van der Waals surface area contributed by atoms with Gasteiger partial charge in [-0.2, -0.15) is 0 Å². The highest BCUT2D eigenvalue weighted by atomic mass is 31.2. The number of amides is 1. The number of quaternary nitrogens is 1. The van der Waals surface area contributed by atoms with E-state index < -0.39 is 26.6 Å². The zero-order valence-electron chi connectivity index (χ0n) is 40.2. The van der Waals surface area contributed by atoms with Crippen molar-refractivity contribution in [2.75, 3.05) is 40.9 Å². The Bertz CT molecular complexity index is 1070. The molecule has 3 unspecified atom stereocenters. The molecular weight excluding hydrogens is 768 g/mol.